The maximum absolute atomic E-state index is 12.2. The van der Waals surface area contributed by atoms with E-state index < -0.39 is 0 Å². The van der Waals surface area contributed by atoms with Crippen LogP contribution in [0.25, 0.3) is 0 Å². The Labute approximate surface area is 112 Å². The molecule has 18 heavy (non-hydrogen) atoms. The number of carbonyl (C=O) groups excluding carboxylic acids is 1. The minimum Gasteiger partial charge on any atom is -0.482 e. The Morgan fingerprint density at radius 1 is 1.39 bits per heavy atom. The van der Waals surface area contributed by atoms with Gasteiger partial charge in [-0.15, -0.1) is 12.4 Å². The first kappa shape index (κ1) is 13.4. The van der Waals surface area contributed by atoms with Gasteiger partial charge in [0.1, 0.15) is 17.0 Å². The summed E-state index contributed by atoms with van der Waals surface area (Å²) in [5.41, 5.74) is 1.16. The number of ether oxygens (including phenoxy) is 1. The Balaban J connectivity index is 0.00000120. The minimum atomic E-state index is -0.289. The second-order valence-corrected chi connectivity index (χ2v) is 5.02. The van der Waals surface area contributed by atoms with E-state index in [4.69, 9.17) is 4.74 Å². The van der Waals surface area contributed by atoms with E-state index >= 15 is 0 Å². The maximum atomic E-state index is 12.2. The molecular weight excluding hydrogens is 254 g/mol. The van der Waals surface area contributed by atoms with Crippen molar-refractivity contribution in [2.75, 3.05) is 13.1 Å². The molecule has 2 aliphatic rings. The van der Waals surface area contributed by atoms with Gasteiger partial charge < -0.3 is 10.1 Å². The van der Waals surface area contributed by atoms with Crippen molar-refractivity contribution in [1.29, 1.82) is 0 Å². The van der Waals surface area contributed by atoms with Crippen LogP contribution in [0.15, 0.2) is 0 Å². The molecule has 0 unspecified atom stereocenters. The zero-order chi connectivity index (χ0) is 12.0. The van der Waals surface area contributed by atoms with E-state index in [9.17, 15) is 4.79 Å². The minimum absolute atomic E-state index is 0. The number of ketones is 1. The van der Waals surface area contributed by atoms with Gasteiger partial charge in [0, 0.05) is 19.9 Å². The van der Waals surface area contributed by atoms with Crippen molar-refractivity contribution in [2.45, 2.75) is 31.8 Å². The van der Waals surface area contributed by atoms with Crippen LogP contribution in [0.1, 0.15) is 35.4 Å². The number of hydrogen-bond donors (Lipinski definition) is 1. The highest BCUT2D eigenvalue weighted by Crippen LogP contribution is 2.39. The van der Waals surface area contributed by atoms with Crippen molar-refractivity contribution < 1.29 is 9.53 Å². The second-order valence-electron chi connectivity index (χ2n) is 5.02. The van der Waals surface area contributed by atoms with E-state index in [1.54, 1.807) is 11.7 Å². The zero-order valence-corrected chi connectivity index (χ0v) is 11.5. The van der Waals surface area contributed by atoms with E-state index in [2.05, 4.69) is 10.4 Å². The van der Waals surface area contributed by atoms with E-state index in [1.807, 2.05) is 6.92 Å². The summed E-state index contributed by atoms with van der Waals surface area (Å²) in [6.45, 7) is 3.73. The third-order valence-electron chi connectivity index (χ3n) is 3.75. The van der Waals surface area contributed by atoms with Crippen LogP contribution in [0.5, 0.6) is 5.75 Å². The molecule has 1 N–H and O–H groups in total. The molecule has 3 heterocycles. The van der Waals surface area contributed by atoms with Crippen LogP contribution in [0, 0.1) is 6.92 Å². The van der Waals surface area contributed by atoms with Crippen molar-refractivity contribution in [3.8, 4) is 5.75 Å². The molecule has 0 bridgehead atoms. The van der Waals surface area contributed by atoms with Gasteiger partial charge >= 0.3 is 0 Å². The molecule has 0 aromatic carbocycles. The number of piperidine rings is 1. The molecule has 0 radical (unpaired) electrons. The largest absolute Gasteiger partial charge is 0.482 e. The van der Waals surface area contributed by atoms with Crippen LogP contribution in [0.3, 0.4) is 0 Å². The van der Waals surface area contributed by atoms with Gasteiger partial charge in [0.15, 0.2) is 11.5 Å². The monoisotopic (exact) mass is 271 g/mol. The zero-order valence-electron chi connectivity index (χ0n) is 10.7. The predicted octanol–water partition coefficient (Wildman–Crippen LogP) is 1.24. The van der Waals surface area contributed by atoms with Gasteiger partial charge in [-0.2, -0.15) is 5.10 Å². The van der Waals surface area contributed by atoms with E-state index in [0.29, 0.717) is 17.9 Å². The van der Waals surface area contributed by atoms with E-state index in [1.165, 1.54) is 0 Å². The lowest BCUT2D eigenvalue weighted by atomic mass is 9.84. The van der Waals surface area contributed by atoms with Gasteiger partial charge in [0.2, 0.25) is 0 Å². The molecule has 0 aliphatic carbocycles. The number of carbonyl (C=O) groups is 1. The summed E-state index contributed by atoms with van der Waals surface area (Å²) in [4.78, 5) is 12.2. The number of aryl methyl sites for hydroxylation is 2. The number of hydrogen-bond acceptors (Lipinski definition) is 4. The summed E-state index contributed by atoms with van der Waals surface area (Å²) in [6.07, 6.45) is 2.28. The normalized spacial score (nSPS) is 21.1. The number of nitrogens with one attached hydrogen (secondary N) is 1. The SMILES string of the molecule is Cc1nn(C)c2c1OC1(CCNCC1)CC2=O.Cl. The number of Topliss-reactive ketones (excluding diaryl/α,β-unsaturated/α-hetero) is 1. The highest BCUT2D eigenvalue weighted by Gasteiger charge is 2.43. The molecule has 3 rings (SSSR count). The highest BCUT2D eigenvalue weighted by molar-refractivity contribution is 5.99. The number of halogens is 1. The lowest BCUT2D eigenvalue weighted by molar-refractivity contribution is 0.0176. The summed E-state index contributed by atoms with van der Waals surface area (Å²) in [5, 5.41) is 7.58. The number of nitrogens with zero attached hydrogens (tertiary/aromatic N) is 2. The van der Waals surface area contributed by atoms with Crippen LogP contribution < -0.4 is 10.1 Å². The van der Waals surface area contributed by atoms with Gasteiger partial charge in [-0.25, -0.2) is 0 Å². The van der Waals surface area contributed by atoms with E-state index in [0.717, 1.165) is 31.6 Å². The molecule has 5 nitrogen and oxygen atoms in total. The average molecular weight is 272 g/mol. The van der Waals surface area contributed by atoms with Crippen LogP contribution in [-0.2, 0) is 7.05 Å². The van der Waals surface area contributed by atoms with Crippen LogP contribution in [0.2, 0.25) is 0 Å². The Hall–Kier alpha value is -1.07. The molecule has 1 aromatic rings. The van der Waals surface area contributed by atoms with Crippen molar-refractivity contribution in [3.05, 3.63) is 11.4 Å². The lowest BCUT2D eigenvalue weighted by Gasteiger charge is -2.40. The molecule has 1 aromatic heterocycles. The lowest BCUT2D eigenvalue weighted by Crippen LogP contribution is -2.49. The van der Waals surface area contributed by atoms with Gasteiger partial charge in [-0.3, -0.25) is 9.48 Å². The number of aromatic nitrogens is 2. The summed E-state index contributed by atoms with van der Waals surface area (Å²) in [5.74, 6) is 0.863. The standard InChI is InChI=1S/C12H17N3O2.ClH/c1-8-11-10(15(2)14-8)9(16)7-12(17-11)3-5-13-6-4-12;/h13H,3-7H2,1-2H3;1H. The molecule has 0 saturated carbocycles. The van der Waals surface area contributed by atoms with Gasteiger partial charge in [-0.1, -0.05) is 0 Å². The van der Waals surface area contributed by atoms with Crippen molar-refractivity contribution in [2.24, 2.45) is 7.05 Å². The Kier molecular flexibility index (Phi) is 3.38. The highest BCUT2D eigenvalue weighted by atomic mass is 35.5. The fraction of sp³-hybridized carbons (Fsp3) is 0.667. The van der Waals surface area contributed by atoms with Crippen LogP contribution in [0.4, 0.5) is 0 Å². The summed E-state index contributed by atoms with van der Waals surface area (Å²) >= 11 is 0. The topological polar surface area (TPSA) is 56.1 Å². The average Bonchev–Trinajstić information content (AvgIpc) is 2.55. The third kappa shape index (κ3) is 1.91. The Morgan fingerprint density at radius 2 is 2.06 bits per heavy atom. The first-order valence-corrected chi connectivity index (χ1v) is 6.08. The molecule has 0 amide bonds. The van der Waals surface area contributed by atoms with Crippen molar-refractivity contribution in [3.63, 3.8) is 0 Å². The first-order chi connectivity index (χ1) is 8.11. The van der Waals surface area contributed by atoms with Gasteiger partial charge in [0.25, 0.3) is 0 Å². The molecule has 0 atom stereocenters. The molecule has 100 valence electrons. The number of rotatable bonds is 0. The smallest absolute Gasteiger partial charge is 0.188 e. The molecule has 1 saturated heterocycles. The van der Waals surface area contributed by atoms with E-state index in [-0.39, 0.29) is 23.8 Å². The molecule has 2 aliphatic heterocycles. The van der Waals surface area contributed by atoms with Crippen molar-refractivity contribution >= 4 is 18.2 Å². The van der Waals surface area contributed by atoms with Gasteiger partial charge in [-0.05, 0) is 20.0 Å². The third-order valence-corrected chi connectivity index (χ3v) is 3.75. The fourth-order valence-corrected chi connectivity index (χ4v) is 2.86. The van der Waals surface area contributed by atoms with Gasteiger partial charge in [0.05, 0.1) is 6.42 Å². The fourth-order valence-electron chi connectivity index (χ4n) is 2.86. The first-order valence-electron chi connectivity index (χ1n) is 6.08. The molecule has 1 spiro atoms. The Bertz CT molecular complexity index is 478. The molecule has 1 fully saturated rings. The maximum Gasteiger partial charge on any atom is 0.188 e. The summed E-state index contributed by atoms with van der Waals surface area (Å²) in [6, 6.07) is 0. The predicted molar refractivity (Wildman–Crippen MR) is 69.6 cm³/mol. The quantitative estimate of drug-likeness (QED) is 0.771. The summed E-state index contributed by atoms with van der Waals surface area (Å²) < 4.78 is 7.78. The molecule has 6 heteroatoms. The summed E-state index contributed by atoms with van der Waals surface area (Å²) in [7, 11) is 1.80. The Morgan fingerprint density at radius 3 is 2.72 bits per heavy atom. The van der Waals surface area contributed by atoms with Crippen molar-refractivity contribution in [1.82, 2.24) is 15.1 Å². The second kappa shape index (κ2) is 4.55. The van der Waals surface area contributed by atoms with Crippen LogP contribution >= 0.6 is 12.4 Å². The number of fused-ring (bicyclic) bond motifs is 1. The van der Waals surface area contributed by atoms with Crippen LogP contribution in [-0.4, -0.2) is 34.3 Å². The molecular formula is C12H18ClN3O2.